The van der Waals surface area contributed by atoms with Crippen LogP contribution >= 0.6 is 0 Å². The fourth-order valence-electron chi connectivity index (χ4n) is 2.00. The molecule has 1 fully saturated rings. The predicted octanol–water partition coefficient (Wildman–Crippen LogP) is 1.89. The number of carbonyl (C=O) groups is 2. The van der Waals surface area contributed by atoms with E-state index in [1.165, 1.54) is 0 Å². The van der Waals surface area contributed by atoms with Gasteiger partial charge in [-0.1, -0.05) is 6.07 Å². The molecular formula is C15H20N2O3. The molecule has 0 aromatic carbocycles. The van der Waals surface area contributed by atoms with Gasteiger partial charge in [-0.3, -0.25) is 14.6 Å². The van der Waals surface area contributed by atoms with Gasteiger partial charge in [-0.05, 0) is 37.8 Å². The van der Waals surface area contributed by atoms with E-state index >= 15 is 0 Å². The summed E-state index contributed by atoms with van der Waals surface area (Å²) in [6, 6.07) is 5.27. The van der Waals surface area contributed by atoms with E-state index in [0.29, 0.717) is 31.3 Å². The molecule has 0 bridgehead atoms. The first-order valence-corrected chi connectivity index (χ1v) is 7.06. The molecule has 1 saturated carbocycles. The van der Waals surface area contributed by atoms with Gasteiger partial charge in [0.2, 0.25) is 0 Å². The highest BCUT2D eigenvalue weighted by Crippen LogP contribution is 2.30. The summed E-state index contributed by atoms with van der Waals surface area (Å²) in [5.41, 5.74) is 0.428. The lowest BCUT2D eigenvalue weighted by Crippen LogP contribution is -2.35. The summed E-state index contributed by atoms with van der Waals surface area (Å²) in [6.07, 6.45) is 4.16. The molecule has 108 valence electrons. The standard InChI is InChI=1S/C15H20N2O3/c1-2-20-14(18)8-10-17(11-12-6-7-12)15(19)13-5-3-4-9-16-13/h3-5,9,12H,2,6-8,10-11H2,1H3. The normalized spacial score (nSPS) is 13.8. The average molecular weight is 276 g/mol. The Balaban J connectivity index is 1.95. The number of nitrogens with zero attached hydrogens (tertiary/aromatic N) is 2. The zero-order valence-electron chi connectivity index (χ0n) is 11.7. The van der Waals surface area contributed by atoms with Gasteiger partial charge >= 0.3 is 5.97 Å². The Hall–Kier alpha value is -1.91. The number of hydrogen-bond donors (Lipinski definition) is 0. The van der Waals surface area contributed by atoms with Crippen LogP contribution in [0.15, 0.2) is 24.4 Å². The van der Waals surface area contributed by atoms with Crippen LogP contribution in [0.1, 0.15) is 36.7 Å². The number of amides is 1. The van der Waals surface area contributed by atoms with E-state index in [9.17, 15) is 9.59 Å². The van der Waals surface area contributed by atoms with Crippen LogP contribution in [0.5, 0.6) is 0 Å². The highest BCUT2D eigenvalue weighted by atomic mass is 16.5. The zero-order chi connectivity index (χ0) is 14.4. The average Bonchev–Trinajstić information content (AvgIpc) is 3.28. The second-order valence-corrected chi connectivity index (χ2v) is 4.96. The first kappa shape index (κ1) is 14.5. The summed E-state index contributed by atoms with van der Waals surface area (Å²) in [7, 11) is 0. The second kappa shape index (κ2) is 7.03. The van der Waals surface area contributed by atoms with Gasteiger partial charge < -0.3 is 9.64 Å². The molecule has 1 aliphatic carbocycles. The molecule has 1 heterocycles. The van der Waals surface area contributed by atoms with Gasteiger partial charge in [0, 0.05) is 19.3 Å². The van der Waals surface area contributed by atoms with Crippen LogP contribution in [0.25, 0.3) is 0 Å². The molecule has 0 N–H and O–H groups in total. The zero-order valence-corrected chi connectivity index (χ0v) is 11.7. The summed E-state index contributed by atoms with van der Waals surface area (Å²) in [5, 5.41) is 0. The van der Waals surface area contributed by atoms with Gasteiger partial charge in [-0.2, -0.15) is 0 Å². The van der Waals surface area contributed by atoms with E-state index in [4.69, 9.17) is 4.74 Å². The first-order chi connectivity index (χ1) is 9.70. The van der Waals surface area contributed by atoms with Gasteiger partial charge in [0.05, 0.1) is 13.0 Å². The molecule has 2 rings (SSSR count). The number of rotatable bonds is 7. The molecule has 1 aliphatic rings. The molecular weight excluding hydrogens is 256 g/mol. The summed E-state index contributed by atoms with van der Waals surface area (Å²) >= 11 is 0. The lowest BCUT2D eigenvalue weighted by atomic mass is 10.2. The minimum Gasteiger partial charge on any atom is -0.466 e. The van der Waals surface area contributed by atoms with Crippen molar-refractivity contribution in [2.45, 2.75) is 26.2 Å². The van der Waals surface area contributed by atoms with Crippen molar-refractivity contribution in [3.8, 4) is 0 Å². The molecule has 0 spiro atoms. The summed E-state index contributed by atoms with van der Waals surface area (Å²) < 4.78 is 4.91. The van der Waals surface area contributed by atoms with Crippen molar-refractivity contribution in [2.24, 2.45) is 5.92 Å². The fraction of sp³-hybridized carbons (Fsp3) is 0.533. The van der Waals surface area contributed by atoms with Crippen LogP contribution in [-0.2, 0) is 9.53 Å². The quantitative estimate of drug-likeness (QED) is 0.714. The number of pyridine rings is 1. The molecule has 5 nitrogen and oxygen atoms in total. The largest absolute Gasteiger partial charge is 0.466 e. The van der Waals surface area contributed by atoms with Crippen LogP contribution in [0.4, 0.5) is 0 Å². The van der Waals surface area contributed by atoms with Gasteiger partial charge in [-0.25, -0.2) is 0 Å². The minimum atomic E-state index is -0.262. The number of carbonyl (C=O) groups excluding carboxylic acids is 2. The smallest absolute Gasteiger partial charge is 0.307 e. The maximum Gasteiger partial charge on any atom is 0.307 e. The summed E-state index contributed by atoms with van der Waals surface area (Å²) in [4.78, 5) is 29.6. The Bertz CT molecular complexity index is 457. The Morgan fingerprint density at radius 3 is 2.80 bits per heavy atom. The third-order valence-electron chi connectivity index (χ3n) is 3.24. The molecule has 1 aromatic rings. The Labute approximate surface area is 118 Å². The first-order valence-electron chi connectivity index (χ1n) is 7.06. The Kier molecular flexibility index (Phi) is 5.09. The van der Waals surface area contributed by atoms with E-state index in [1.54, 1.807) is 36.2 Å². The van der Waals surface area contributed by atoms with Crippen LogP contribution in [0.2, 0.25) is 0 Å². The molecule has 0 aliphatic heterocycles. The third-order valence-corrected chi connectivity index (χ3v) is 3.24. The van der Waals surface area contributed by atoms with E-state index < -0.39 is 0 Å². The topological polar surface area (TPSA) is 59.5 Å². The molecule has 0 radical (unpaired) electrons. The van der Waals surface area contributed by atoms with Crippen molar-refractivity contribution < 1.29 is 14.3 Å². The van der Waals surface area contributed by atoms with Crippen LogP contribution < -0.4 is 0 Å². The van der Waals surface area contributed by atoms with Crippen molar-refractivity contribution in [3.63, 3.8) is 0 Å². The molecule has 5 heteroatoms. The van der Waals surface area contributed by atoms with Crippen molar-refractivity contribution >= 4 is 11.9 Å². The minimum absolute atomic E-state index is 0.109. The Morgan fingerprint density at radius 2 is 2.20 bits per heavy atom. The SMILES string of the molecule is CCOC(=O)CCN(CC1CC1)C(=O)c1ccccn1. The second-order valence-electron chi connectivity index (χ2n) is 4.96. The van der Waals surface area contributed by atoms with Gasteiger partial charge in [-0.15, -0.1) is 0 Å². The van der Waals surface area contributed by atoms with Crippen molar-refractivity contribution in [3.05, 3.63) is 30.1 Å². The number of esters is 1. The van der Waals surface area contributed by atoms with Gasteiger partial charge in [0.25, 0.3) is 5.91 Å². The van der Waals surface area contributed by atoms with E-state index in [0.717, 1.165) is 12.8 Å². The summed E-state index contributed by atoms with van der Waals surface area (Å²) in [6.45, 7) is 3.24. The molecule has 20 heavy (non-hydrogen) atoms. The number of hydrogen-bond acceptors (Lipinski definition) is 4. The third kappa shape index (κ3) is 4.33. The lowest BCUT2D eigenvalue weighted by molar-refractivity contribution is -0.143. The van der Waals surface area contributed by atoms with Crippen molar-refractivity contribution in [1.82, 2.24) is 9.88 Å². The van der Waals surface area contributed by atoms with Crippen LogP contribution in [-0.4, -0.2) is 41.5 Å². The molecule has 0 atom stereocenters. The van der Waals surface area contributed by atoms with Gasteiger partial charge in [0.15, 0.2) is 0 Å². The Morgan fingerprint density at radius 1 is 1.40 bits per heavy atom. The molecule has 1 aromatic heterocycles. The van der Waals surface area contributed by atoms with Crippen molar-refractivity contribution in [2.75, 3.05) is 19.7 Å². The summed E-state index contributed by atoms with van der Waals surface area (Å²) in [5.74, 6) is 0.203. The predicted molar refractivity (Wildman–Crippen MR) is 74.1 cm³/mol. The fourth-order valence-corrected chi connectivity index (χ4v) is 2.00. The monoisotopic (exact) mass is 276 g/mol. The van der Waals surface area contributed by atoms with Crippen LogP contribution in [0.3, 0.4) is 0 Å². The molecule has 0 unspecified atom stereocenters. The maximum absolute atomic E-state index is 12.4. The molecule has 1 amide bonds. The lowest BCUT2D eigenvalue weighted by Gasteiger charge is -2.21. The number of aromatic nitrogens is 1. The number of ether oxygens (including phenoxy) is 1. The molecule has 0 saturated heterocycles. The highest BCUT2D eigenvalue weighted by Gasteiger charge is 2.28. The highest BCUT2D eigenvalue weighted by molar-refractivity contribution is 5.92. The van der Waals surface area contributed by atoms with Crippen LogP contribution in [0, 0.1) is 5.92 Å². The van der Waals surface area contributed by atoms with E-state index in [2.05, 4.69) is 4.98 Å². The van der Waals surface area contributed by atoms with E-state index in [1.807, 2.05) is 0 Å². The van der Waals surface area contributed by atoms with Gasteiger partial charge in [0.1, 0.15) is 5.69 Å². The maximum atomic E-state index is 12.4. The van der Waals surface area contributed by atoms with Crippen molar-refractivity contribution in [1.29, 1.82) is 0 Å². The van der Waals surface area contributed by atoms with E-state index in [-0.39, 0.29) is 18.3 Å².